The van der Waals surface area contributed by atoms with E-state index >= 15 is 0 Å². The third kappa shape index (κ3) is 8.01. The van der Waals surface area contributed by atoms with Gasteiger partial charge < -0.3 is 24.8 Å². The number of hydrogen-bond donors (Lipinski definition) is 2. The maximum Gasteiger partial charge on any atom is 0.191 e. The lowest BCUT2D eigenvalue weighted by molar-refractivity contribution is 0.0170. The molecular weight excluding hydrogens is 538 g/mol. The van der Waals surface area contributed by atoms with Crippen molar-refractivity contribution in [2.45, 2.75) is 19.5 Å². The molecule has 1 fully saturated rings. The highest BCUT2D eigenvalue weighted by Crippen LogP contribution is 2.28. The van der Waals surface area contributed by atoms with Gasteiger partial charge in [-0.2, -0.15) is 0 Å². The van der Waals surface area contributed by atoms with E-state index in [9.17, 15) is 4.39 Å². The predicted octanol–water partition coefficient (Wildman–Crippen LogP) is 3.59. The first-order valence-corrected chi connectivity index (χ1v) is 11.0. The number of hydrogen-bond acceptors (Lipinski definition) is 5. The minimum absolute atomic E-state index is 0. The first kappa shape index (κ1) is 27.1. The average Bonchev–Trinajstić information content (AvgIpc) is 2.83. The van der Waals surface area contributed by atoms with E-state index in [4.69, 9.17) is 14.2 Å². The van der Waals surface area contributed by atoms with E-state index in [2.05, 4.69) is 20.5 Å². The zero-order chi connectivity index (χ0) is 22.8. The van der Waals surface area contributed by atoms with Crippen molar-refractivity contribution in [2.75, 3.05) is 53.6 Å². The Balaban J connectivity index is 0.00000385. The van der Waals surface area contributed by atoms with E-state index in [1.807, 2.05) is 37.3 Å². The Hall–Kier alpha value is -2.11. The van der Waals surface area contributed by atoms with Crippen LogP contribution in [0.15, 0.2) is 47.5 Å². The molecule has 9 heteroatoms. The Labute approximate surface area is 212 Å². The number of methoxy groups -OCH3 is 1. The summed E-state index contributed by atoms with van der Waals surface area (Å²) >= 11 is 0. The van der Waals surface area contributed by atoms with Crippen LogP contribution in [0.5, 0.6) is 11.5 Å². The number of aliphatic imine (C=N–C) groups is 1. The molecule has 2 aromatic rings. The van der Waals surface area contributed by atoms with Crippen molar-refractivity contribution in [1.82, 2.24) is 15.5 Å². The fourth-order valence-corrected chi connectivity index (χ4v) is 3.73. The molecule has 1 atom stereocenters. The van der Waals surface area contributed by atoms with Gasteiger partial charge in [0.15, 0.2) is 17.5 Å². The van der Waals surface area contributed by atoms with E-state index in [1.54, 1.807) is 14.2 Å². The second-order valence-electron chi connectivity index (χ2n) is 7.44. The van der Waals surface area contributed by atoms with Crippen LogP contribution >= 0.6 is 24.0 Å². The standard InChI is InChI=1S/C24H33FN4O3.HI/c1-4-32-22-10-5-18(15-23(22)30-3)16-27-24(26-2)28-17-21(29-11-13-31-14-12-29)19-6-8-20(25)9-7-19;/h5-10,15,21H,4,11-14,16-17H2,1-3H3,(H2,26,27,28);1H. The summed E-state index contributed by atoms with van der Waals surface area (Å²) in [5.74, 6) is 1.90. The van der Waals surface area contributed by atoms with E-state index < -0.39 is 0 Å². The Morgan fingerprint density at radius 1 is 1.12 bits per heavy atom. The van der Waals surface area contributed by atoms with Crippen LogP contribution in [0.2, 0.25) is 0 Å². The molecule has 0 amide bonds. The molecule has 2 aromatic carbocycles. The van der Waals surface area contributed by atoms with Crippen LogP contribution in [0.25, 0.3) is 0 Å². The molecular formula is C24H34FIN4O3. The summed E-state index contributed by atoms with van der Waals surface area (Å²) in [7, 11) is 3.38. The summed E-state index contributed by atoms with van der Waals surface area (Å²) in [6.45, 7) is 6.82. The number of nitrogens with one attached hydrogen (secondary N) is 2. The Morgan fingerprint density at radius 2 is 1.85 bits per heavy atom. The molecule has 1 unspecified atom stereocenters. The van der Waals surface area contributed by atoms with Gasteiger partial charge in [-0.1, -0.05) is 18.2 Å². The SMILES string of the molecule is CCOc1ccc(CNC(=NC)NCC(c2ccc(F)cc2)N2CCOCC2)cc1OC.I. The van der Waals surface area contributed by atoms with Crippen molar-refractivity contribution in [3.8, 4) is 11.5 Å². The highest BCUT2D eigenvalue weighted by Gasteiger charge is 2.23. The summed E-state index contributed by atoms with van der Waals surface area (Å²) in [6, 6.07) is 12.7. The van der Waals surface area contributed by atoms with Crippen LogP contribution in [0.4, 0.5) is 4.39 Å². The van der Waals surface area contributed by atoms with Gasteiger partial charge in [0.1, 0.15) is 5.82 Å². The number of halogens is 2. The van der Waals surface area contributed by atoms with Gasteiger partial charge in [0.25, 0.3) is 0 Å². The molecule has 1 aliphatic rings. The second kappa shape index (κ2) is 14.2. The van der Waals surface area contributed by atoms with Crippen LogP contribution in [-0.4, -0.2) is 64.5 Å². The van der Waals surface area contributed by atoms with Gasteiger partial charge in [-0.15, -0.1) is 24.0 Å². The summed E-state index contributed by atoms with van der Waals surface area (Å²) in [4.78, 5) is 6.71. The summed E-state index contributed by atoms with van der Waals surface area (Å²) in [5.41, 5.74) is 2.11. The van der Waals surface area contributed by atoms with Crippen LogP contribution < -0.4 is 20.1 Å². The largest absolute Gasteiger partial charge is 0.493 e. The smallest absolute Gasteiger partial charge is 0.191 e. The number of ether oxygens (including phenoxy) is 3. The lowest BCUT2D eigenvalue weighted by Gasteiger charge is -2.35. The fraction of sp³-hybridized carbons (Fsp3) is 0.458. The lowest BCUT2D eigenvalue weighted by atomic mass is 10.0. The van der Waals surface area contributed by atoms with Gasteiger partial charge in [0.05, 0.1) is 33.0 Å². The minimum atomic E-state index is -0.231. The molecule has 1 heterocycles. The Kier molecular flexibility index (Phi) is 11.7. The molecule has 0 bridgehead atoms. The molecule has 1 aliphatic heterocycles. The highest BCUT2D eigenvalue weighted by atomic mass is 127. The number of nitrogens with zero attached hydrogens (tertiary/aromatic N) is 2. The lowest BCUT2D eigenvalue weighted by Crippen LogP contribution is -2.46. The van der Waals surface area contributed by atoms with Gasteiger partial charge in [0, 0.05) is 33.2 Å². The maximum absolute atomic E-state index is 13.4. The van der Waals surface area contributed by atoms with Gasteiger partial charge in [-0.05, 0) is 42.3 Å². The van der Waals surface area contributed by atoms with Gasteiger partial charge in [0.2, 0.25) is 0 Å². The van der Waals surface area contributed by atoms with Crippen molar-refractivity contribution in [3.05, 3.63) is 59.4 Å². The second-order valence-corrected chi connectivity index (χ2v) is 7.44. The molecule has 0 spiro atoms. The molecule has 33 heavy (non-hydrogen) atoms. The monoisotopic (exact) mass is 572 g/mol. The number of rotatable bonds is 9. The minimum Gasteiger partial charge on any atom is -0.493 e. The topological polar surface area (TPSA) is 67.4 Å². The summed E-state index contributed by atoms with van der Waals surface area (Å²) < 4.78 is 30.0. The van der Waals surface area contributed by atoms with Crippen molar-refractivity contribution < 1.29 is 18.6 Å². The molecule has 3 rings (SSSR count). The molecule has 2 N–H and O–H groups in total. The highest BCUT2D eigenvalue weighted by molar-refractivity contribution is 14.0. The summed E-state index contributed by atoms with van der Waals surface area (Å²) in [5, 5.41) is 6.76. The van der Waals surface area contributed by atoms with Crippen LogP contribution in [0, 0.1) is 5.82 Å². The molecule has 182 valence electrons. The van der Waals surface area contributed by atoms with E-state index in [0.717, 1.165) is 30.0 Å². The zero-order valence-corrected chi connectivity index (χ0v) is 21.8. The molecule has 1 saturated heterocycles. The van der Waals surface area contributed by atoms with E-state index in [-0.39, 0.29) is 35.8 Å². The van der Waals surface area contributed by atoms with E-state index in [0.29, 0.717) is 44.6 Å². The number of benzene rings is 2. The van der Waals surface area contributed by atoms with Gasteiger partial charge in [-0.3, -0.25) is 9.89 Å². The third-order valence-corrected chi connectivity index (χ3v) is 5.42. The normalized spacial score (nSPS) is 15.3. The van der Waals surface area contributed by atoms with Crippen LogP contribution in [0.1, 0.15) is 24.1 Å². The molecule has 0 radical (unpaired) electrons. The van der Waals surface area contributed by atoms with Crippen LogP contribution in [0.3, 0.4) is 0 Å². The number of morpholine rings is 1. The predicted molar refractivity (Wildman–Crippen MR) is 139 cm³/mol. The number of guanidine groups is 1. The molecule has 0 aromatic heterocycles. The van der Waals surface area contributed by atoms with Gasteiger partial charge in [-0.25, -0.2) is 4.39 Å². The first-order valence-electron chi connectivity index (χ1n) is 11.0. The van der Waals surface area contributed by atoms with Crippen molar-refractivity contribution >= 4 is 29.9 Å². The zero-order valence-electron chi connectivity index (χ0n) is 19.5. The third-order valence-electron chi connectivity index (χ3n) is 5.42. The Bertz CT molecular complexity index is 877. The summed E-state index contributed by atoms with van der Waals surface area (Å²) in [6.07, 6.45) is 0. The fourth-order valence-electron chi connectivity index (χ4n) is 3.73. The average molecular weight is 572 g/mol. The van der Waals surface area contributed by atoms with Crippen molar-refractivity contribution in [3.63, 3.8) is 0 Å². The Morgan fingerprint density at radius 3 is 2.48 bits per heavy atom. The quantitative estimate of drug-likeness (QED) is 0.272. The first-order chi connectivity index (χ1) is 15.6. The van der Waals surface area contributed by atoms with Crippen molar-refractivity contribution in [1.29, 1.82) is 0 Å². The maximum atomic E-state index is 13.4. The molecule has 0 saturated carbocycles. The van der Waals surface area contributed by atoms with E-state index in [1.165, 1.54) is 12.1 Å². The van der Waals surface area contributed by atoms with Gasteiger partial charge >= 0.3 is 0 Å². The molecule has 0 aliphatic carbocycles. The van der Waals surface area contributed by atoms with Crippen molar-refractivity contribution in [2.24, 2.45) is 4.99 Å². The van der Waals surface area contributed by atoms with Crippen LogP contribution in [-0.2, 0) is 11.3 Å². The molecule has 7 nitrogen and oxygen atoms in total.